The summed E-state index contributed by atoms with van der Waals surface area (Å²) in [4.78, 5) is 0. The van der Waals surface area contributed by atoms with Gasteiger partial charge in [0.25, 0.3) is 0 Å². The molecule has 0 saturated carbocycles. The molecule has 4 aliphatic heterocycles. The van der Waals surface area contributed by atoms with Crippen molar-refractivity contribution in [3.8, 4) is 0 Å². The highest BCUT2D eigenvalue weighted by Gasteiger charge is 2.54. The predicted molar refractivity (Wildman–Crippen MR) is 128 cm³/mol. The molecule has 4 saturated heterocycles. The molecule has 20 heteroatoms. The van der Waals surface area contributed by atoms with Gasteiger partial charge in [-0.3, -0.25) is 0 Å². The molecular weight excluding hydrogens is 596 g/mol. The van der Waals surface area contributed by atoms with E-state index in [2.05, 4.69) is 0 Å². The smallest absolute Gasteiger partial charge is 0.187 e. The zero-order valence-corrected chi connectivity index (χ0v) is 22.5. The Balaban J connectivity index is 1.41. The Labute approximate surface area is 243 Å². The van der Waals surface area contributed by atoms with Gasteiger partial charge in [0.15, 0.2) is 25.2 Å². The molecule has 4 aliphatic rings. The lowest BCUT2D eigenvalue weighted by molar-refractivity contribution is -0.384. The molecule has 0 aromatic carbocycles. The zero-order chi connectivity index (χ0) is 31.7. The summed E-state index contributed by atoms with van der Waals surface area (Å²) in [7, 11) is 0. The molecule has 252 valence electrons. The van der Waals surface area contributed by atoms with Crippen LogP contribution in [0.3, 0.4) is 0 Å². The van der Waals surface area contributed by atoms with Crippen molar-refractivity contribution in [2.45, 2.75) is 117 Å². The van der Waals surface area contributed by atoms with Gasteiger partial charge in [-0.25, -0.2) is 0 Å². The molecule has 0 spiro atoms. The van der Waals surface area contributed by atoms with Gasteiger partial charge in [-0.05, 0) is 0 Å². The second-order valence-corrected chi connectivity index (χ2v) is 10.7. The van der Waals surface area contributed by atoms with Crippen LogP contribution in [0.2, 0.25) is 0 Å². The summed E-state index contributed by atoms with van der Waals surface area (Å²) >= 11 is 0. The summed E-state index contributed by atoms with van der Waals surface area (Å²) in [6.45, 7) is -2.92. The number of aliphatic hydroxyl groups excluding tert-OH is 13. The van der Waals surface area contributed by atoms with Crippen LogP contribution >= 0.6 is 0 Å². The Morgan fingerprint density at radius 3 is 1.33 bits per heavy atom. The van der Waals surface area contributed by atoms with Gasteiger partial charge < -0.3 is 99.5 Å². The zero-order valence-electron chi connectivity index (χ0n) is 22.5. The average Bonchev–Trinajstić information content (AvgIpc) is 3.00. The van der Waals surface area contributed by atoms with E-state index in [4.69, 9.17) is 33.2 Å². The Bertz CT molecular complexity index is 865. The van der Waals surface area contributed by atoms with Gasteiger partial charge >= 0.3 is 0 Å². The van der Waals surface area contributed by atoms with Crippen LogP contribution in [0.25, 0.3) is 0 Å². The summed E-state index contributed by atoms with van der Waals surface area (Å²) in [5.74, 6) is 0. The highest BCUT2D eigenvalue weighted by atomic mass is 16.8. The van der Waals surface area contributed by atoms with E-state index in [1.807, 2.05) is 0 Å². The third-order valence-electron chi connectivity index (χ3n) is 7.84. The molecule has 4 heterocycles. The first kappa shape index (κ1) is 35.1. The molecule has 0 amide bonds. The quantitative estimate of drug-likeness (QED) is 0.112. The summed E-state index contributed by atoms with van der Waals surface area (Å²) in [5, 5.41) is 132. The number of aliphatic hydroxyl groups is 13. The Kier molecular flexibility index (Phi) is 12.0. The van der Waals surface area contributed by atoms with Crippen molar-refractivity contribution in [3.63, 3.8) is 0 Å². The number of hydrogen-bond donors (Lipinski definition) is 13. The second-order valence-electron chi connectivity index (χ2n) is 10.7. The second kappa shape index (κ2) is 14.7. The van der Waals surface area contributed by atoms with Crippen molar-refractivity contribution in [2.75, 3.05) is 26.4 Å². The maximum atomic E-state index is 10.8. The largest absolute Gasteiger partial charge is 0.394 e. The molecule has 4 fully saturated rings. The molecule has 0 bridgehead atoms. The molecule has 19 atom stereocenters. The lowest BCUT2D eigenvalue weighted by atomic mass is 9.96. The number of rotatable bonds is 9. The summed E-state index contributed by atoms with van der Waals surface area (Å²) < 4.78 is 37.5. The van der Waals surface area contributed by atoms with Crippen LogP contribution in [-0.2, 0) is 33.2 Å². The van der Waals surface area contributed by atoms with Crippen molar-refractivity contribution in [2.24, 2.45) is 0 Å². The predicted octanol–water partition coefficient (Wildman–Crippen LogP) is -9.11. The van der Waals surface area contributed by atoms with Gasteiger partial charge in [-0.2, -0.15) is 0 Å². The first-order valence-electron chi connectivity index (χ1n) is 13.5. The normalized spacial score (nSPS) is 53.1. The van der Waals surface area contributed by atoms with E-state index < -0.39 is 143 Å². The molecule has 43 heavy (non-hydrogen) atoms. The van der Waals surface area contributed by atoms with E-state index in [9.17, 15) is 66.4 Å². The molecule has 0 aliphatic carbocycles. The van der Waals surface area contributed by atoms with Gasteiger partial charge in [0.05, 0.1) is 26.4 Å². The van der Waals surface area contributed by atoms with Crippen molar-refractivity contribution < 1.29 is 99.5 Å². The van der Waals surface area contributed by atoms with Crippen LogP contribution in [0.15, 0.2) is 0 Å². The highest BCUT2D eigenvalue weighted by molar-refractivity contribution is 4.97. The van der Waals surface area contributed by atoms with Gasteiger partial charge in [0.2, 0.25) is 0 Å². The molecule has 0 aromatic heterocycles. The van der Waals surface area contributed by atoms with Crippen LogP contribution in [0.5, 0.6) is 0 Å². The van der Waals surface area contributed by atoms with Crippen molar-refractivity contribution in [3.05, 3.63) is 0 Å². The lowest BCUT2D eigenvalue weighted by Crippen LogP contribution is -2.67. The number of hydrogen-bond acceptors (Lipinski definition) is 20. The molecule has 0 unspecified atom stereocenters. The Morgan fingerprint density at radius 2 is 0.860 bits per heavy atom. The fourth-order valence-corrected chi connectivity index (χ4v) is 5.23. The standard InChI is InChI=1S/C23H40O20/c24-1-5-9(27)11(29)15(33)22(38-5)42-19-7(3-26)40-23(17(35)13(19)31)43-18-6(2-25)39-21(16(34)12(18)30)41-8-4-37-20(36)14(32)10(8)28/h5-36H,1-4H2/t5-,6-,7-,8+,9-,10+,11+,12-,13-,14+,15-,16+,17+,18+,19+,20-,21-,22+,23-/m0/s1. The highest BCUT2D eigenvalue weighted by Crippen LogP contribution is 2.33. The van der Waals surface area contributed by atoms with Crippen molar-refractivity contribution >= 4 is 0 Å². The van der Waals surface area contributed by atoms with E-state index >= 15 is 0 Å². The number of ether oxygens (including phenoxy) is 7. The van der Waals surface area contributed by atoms with Crippen LogP contribution in [0.1, 0.15) is 0 Å². The molecule has 0 radical (unpaired) electrons. The van der Waals surface area contributed by atoms with E-state index in [0.717, 1.165) is 0 Å². The lowest BCUT2D eigenvalue weighted by Gasteiger charge is -2.48. The SMILES string of the molecule is OC[C@@H]1O[C@H](O[C@H]2[C@@H](O)[C@@H](O)[C@H](O[C@H]3[C@@H](O)[C@@H](O)[C@H](O[C@@H]4CO[C@H](O)[C@H](O)[C@@H]4O)O[C@H]3CO)O[C@H]2CO)[C@@H](O)[C@H](O)[C@H]1O. The first-order valence-corrected chi connectivity index (χ1v) is 13.5. The summed E-state index contributed by atoms with van der Waals surface area (Å²) in [5.41, 5.74) is 0. The topological polar surface area (TPSA) is 328 Å². The summed E-state index contributed by atoms with van der Waals surface area (Å²) in [6, 6.07) is 0. The van der Waals surface area contributed by atoms with Gasteiger partial charge in [-0.1, -0.05) is 0 Å². The van der Waals surface area contributed by atoms with Gasteiger partial charge in [0, 0.05) is 0 Å². The average molecular weight is 637 g/mol. The monoisotopic (exact) mass is 636 g/mol. The van der Waals surface area contributed by atoms with E-state index in [1.54, 1.807) is 0 Å². The van der Waals surface area contributed by atoms with Crippen LogP contribution < -0.4 is 0 Å². The molecule has 13 N–H and O–H groups in total. The summed E-state index contributed by atoms with van der Waals surface area (Å²) in [6.07, 6.45) is -32.5. The minimum absolute atomic E-state index is 0.430. The molecular formula is C23H40O20. The molecule has 0 aromatic rings. The minimum atomic E-state index is -1.99. The van der Waals surface area contributed by atoms with E-state index in [0.29, 0.717) is 0 Å². The fraction of sp³-hybridized carbons (Fsp3) is 1.00. The van der Waals surface area contributed by atoms with Crippen LogP contribution in [0, 0.1) is 0 Å². The Hall–Kier alpha value is -0.800. The van der Waals surface area contributed by atoms with Gasteiger partial charge in [-0.15, -0.1) is 0 Å². The molecule has 4 rings (SSSR count). The fourth-order valence-electron chi connectivity index (χ4n) is 5.23. The third-order valence-corrected chi connectivity index (χ3v) is 7.84. The first-order chi connectivity index (χ1) is 20.3. The maximum absolute atomic E-state index is 10.8. The van der Waals surface area contributed by atoms with Crippen LogP contribution in [-0.4, -0.2) is 210 Å². The van der Waals surface area contributed by atoms with Crippen LogP contribution in [0.4, 0.5) is 0 Å². The maximum Gasteiger partial charge on any atom is 0.187 e. The van der Waals surface area contributed by atoms with E-state index in [1.165, 1.54) is 0 Å². The Morgan fingerprint density at radius 1 is 0.442 bits per heavy atom. The minimum Gasteiger partial charge on any atom is -0.394 e. The third kappa shape index (κ3) is 7.13. The van der Waals surface area contributed by atoms with Crippen molar-refractivity contribution in [1.29, 1.82) is 0 Å². The van der Waals surface area contributed by atoms with E-state index in [-0.39, 0.29) is 0 Å². The molecule has 20 nitrogen and oxygen atoms in total. The van der Waals surface area contributed by atoms with Crippen molar-refractivity contribution in [1.82, 2.24) is 0 Å². The van der Waals surface area contributed by atoms with Gasteiger partial charge in [0.1, 0.15) is 91.6 Å².